The maximum absolute atomic E-state index is 12.5. The van der Waals surface area contributed by atoms with E-state index < -0.39 is 10.8 Å². The quantitative estimate of drug-likeness (QED) is 0.673. The number of nitriles is 2. The molecular formula is C18H24N4O2S. The minimum atomic E-state index is -1.01. The molecule has 7 heteroatoms. The lowest BCUT2D eigenvalue weighted by Gasteiger charge is -2.28. The first-order chi connectivity index (χ1) is 11.9. The summed E-state index contributed by atoms with van der Waals surface area (Å²) < 4.78 is 11.5. The predicted octanol–water partition coefficient (Wildman–Crippen LogP) is 2.07. The third kappa shape index (κ3) is 6.66. The van der Waals surface area contributed by atoms with Gasteiger partial charge in [0, 0.05) is 41.1 Å². The smallest absolute Gasteiger partial charge is 0.236 e. The first-order valence-corrected chi connectivity index (χ1v) is 9.61. The van der Waals surface area contributed by atoms with Gasteiger partial charge >= 0.3 is 0 Å². The summed E-state index contributed by atoms with van der Waals surface area (Å²) in [6, 6.07) is 11.6. The van der Waals surface area contributed by atoms with Crippen LogP contribution in [0.15, 0.2) is 29.2 Å². The molecule has 0 saturated carbocycles. The van der Waals surface area contributed by atoms with Gasteiger partial charge in [0.05, 0.1) is 31.5 Å². The Kier molecular flexibility index (Phi) is 8.83. The summed E-state index contributed by atoms with van der Waals surface area (Å²) in [4.78, 5) is 16.7. The fourth-order valence-corrected chi connectivity index (χ4v) is 2.89. The van der Waals surface area contributed by atoms with E-state index in [1.165, 1.54) is 0 Å². The van der Waals surface area contributed by atoms with E-state index in [0.717, 1.165) is 10.5 Å². The van der Waals surface area contributed by atoms with Gasteiger partial charge < -0.3 is 4.90 Å². The topological polar surface area (TPSA) is 88.2 Å². The zero-order valence-corrected chi connectivity index (χ0v) is 15.8. The highest BCUT2D eigenvalue weighted by Gasteiger charge is 2.19. The molecule has 0 aliphatic carbocycles. The van der Waals surface area contributed by atoms with Crippen LogP contribution >= 0.6 is 0 Å². The van der Waals surface area contributed by atoms with E-state index >= 15 is 0 Å². The molecule has 0 radical (unpaired) electrons. The van der Waals surface area contributed by atoms with Gasteiger partial charge in [-0.05, 0) is 31.7 Å². The van der Waals surface area contributed by atoms with Crippen LogP contribution in [0.2, 0.25) is 0 Å². The van der Waals surface area contributed by atoms with Crippen molar-refractivity contribution >= 4 is 16.7 Å². The number of likely N-dealkylation sites (N-methyl/N-ethyl adjacent to an activating group) is 1. The summed E-state index contributed by atoms with van der Waals surface area (Å²) in [5.74, 6) is -0.0915. The van der Waals surface area contributed by atoms with Crippen molar-refractivity contribution in [2.45, 2.75) is 30.7 Å². The number of hydrogen-bond donors (Lipinski definition) is 0. The third-order valence-electron chi connectivity index (χ3n) is 4.08. The lowest BCUT2D eigenvalue weighted by atomic mass is 10.1. The Bertz CT molecular complexity index is 658. The molecule has 0 aliphatic rings. The van der Waals surface area contributed by atoms with Crippen LogP contribution in [0.4, 0.5) is 0 Å². The van der Waals surface area contributed by atoms with E-state index in [0.29, 0.717) is 13.1 Å². The van der Waals surface area contributed by atoms with Crippen LogP contribution in [0, 0.1) is 22.7 Å². The third-order valence-corrected chi connectivity index (χ3v) is 5.02. The maximum atomic E-state index is 12.5. The van der Waals surface area contributed by atoms with E-state index in [1.54, 1.807) is 11.2 Å². The highest BCUT2D eigenvalue weighted by atomic mass is 32.2. The number of carbonyl (C=O) groups is 1. The first-order valence-electron chi connectivity index (χ1n) is 8.06. The monoisotopic (exact) mass is 360 g/mol. The molecule has 1 aromatic carbocycles. The van der Waals surface area contributed by atoms with Gasteiger partial charge in [-0.25, -0.2) is 0 Å². The lowest BCUT2D eigenvalue weighted by molar-refractivity contribution is -0.132. The Morgan fingerprint density at radius 3 is 2.12 bits per heavy atom. The van der Waals surface area contributed by atoms with Crippen molar-refractivity contribution in [3.8, 4) is 12.1 Å². The molecule has 134 valence electrons. The number of benzene rings is 1. The SMILES string of the molecule is C[C@@H](c1ccc([S@@](C)=O)cc1)N(C)CC(=O)N(CCC#N)CCC#N. The summed E-state index contributed by atoms with van der Waals surface area (Å²) in [6.45, 7) is 2.89. The van der Waals surface area contributed by atoms with Gasteiger partial charge in [0.2, 0.25) is 5.91 Å². The molecule has 0 aliphatic heterocycles. The standard InChI is InChI=1S/C18H24N4O2S/c1-15(16-6-8-17(9-7-16)25(3)24)21(2)14-18(23)22(12-4-10-19)13-5-11-20/h6-9,15H,4-5,12-14H2,1-3H3/t15-,25+/m0/s1. The molecule has 0 spiro atoms. The second-order valence-corrected chi connectivity index (χ2v) is 7.19. The van der Waals surface area contributed by atoms with Crippen LogP contribution in [-0.4, -0.2) is 52.9 Å². The summed E-state index contributed by atoms with van der Waals surface area (Å²) in [6.07, 6.45) is 2.15. The van der Waals surface area contributed by atoms with Gasteiger partial charge in [-0.2, -0.15) is 10.5 Å². The molecule has 25 heavy (non-hydrogen) atoms. The Morgan fingerprint density at radius 1 is 1.16 bits per heavy atom. The highest BCUT2D eigenvalue weighted by Crippen LogP contribution is 2.20. The van der Waals surface area contributed by atoms with E-state index in [-0.39, 0.29) is 31.3 Å². The molecule has 1 amide bonds. The van der Waals surface area contributed by atoms with Crippen molar-refractivity contribution in [3.05, 3.63) is 29.8 Å². The molecule has 0 aromatic heterocycles. The van der Waals surface area contributed by atoms with E-state index in [9.17, 15) is 9.00 Å². The molecule has 0 N–H and O–H groups in total. The largest absolute Gasteiger partial charge is 0.340 e. The van der Waals surface area contributed by atoms with Crippen LogP contribution in [-0.2, 0) is 15.6 Å². The minimum absolute atomic E-state index is 0.0112. The van der Waals surface area contributed by atoms with Crippen LogP contribution in [0.1, 0.15) is 31.4 Å². The second-order valence-electron chi connectivity index (χ2n) is 5.81. The van der Waals surface area contributed by atoms with E-state index in [2.05, 4.69) is 0 Å². The molecule has 0 bridgehead atoms. The van der Waals surface area contributed by atoms with Crippen molar-refractivity contribution in [1.29, 1.82) is 10.5 Å². The van der Waals surface area contributed by atoms with Crippen molar-refractivity contribution in [3.63, 3.8) is 0 Å². The van der Waals surface area contributed by atoms with Crippen molar-refractivity contribution in [1.82, 2.24) is 9.80 Å². The van der Waals surface area contributed by atoms with Crippen molar-refractivity contribution in [2.75, 3.05) is 32.9 Å². The van der Waals surface area contributed by atoms with Gasteiger partial charge in [0.25, 0.3) is 0 Å². The molecule has 2 atom stereocenters. The van der Waals surface area contributed by atoms with Gasteiger partial charge in [0.15, 0.2) is 0 Å². The Labute approximate surface area is 152 Å². The number of carbonyl (C=O) groups excluding carboxylic acids is 1. The van der Waals surface area contributed by atoms with E-state index in [4.69, 9.17) is 10.5 Å². The first kappa shape index (κ1) is 20.8. The van der Waals surface area contributed by atoms with Crippen molar-refractivity contribution in [2.24, 2.45) is 0 Å². The van der Waals surface area contributed by atoms with Gasteiger partial charge in [-0.3, -0.25) is 13.9 Å². The number of nitrogens with zero attached hydrogens (tertiary/aromatic N) is 4. The van der Waals surface area contributed by atoms with Crippen molar-refractivity contribution < 1.29 is 9.00 Å². The van der Waals surface area contributed by atoms with Crippen LogP contribution in [0.5, 0.6) is 0 Å². The average molecular weight is 360 g/mol. The predicted molar refractivity (Wildman–Crippen MR) is 96.9 cm³/mol. The average Bonchev–Trinajstić information content (AvgIpc) is 2.61. The molecule has 0 unspecified atom stereocenters. The van der Waals surface area contributed by atoms with Crippen LogP contribution in [0.25, 0.3) is 0 Å². The number of rotatable bonds is 9. The summed E-state index contributed by atoms with van der Waals surface area (Å²) in [5, 5.41) is 17.4. The molecule has 6 nitrogen and oxygen atoms in total. The molecule has 0 saturated heterocycles. The van der Waals surface area contributed by atoms with Gasteiger partial charge in [-0.15, -0.1) is 0 Å². The highest BCUT2D eigenvalue weighted by molar-refractivity contribution is 7.84. The van der Waals surface area contributed by atoms with Gasteiger partial charge in [-0.1, -0.05) is 12.1 Å². The molecular weight excluding hydrogens is 336 g/mol. The minimum Gasteiger partial charge on any atom is -0.340 e. The Hall–Kier alpha value is -2.22. The summed E-state index contributed by atoms with van der Waals surface area (Å²) in [7, 11) is 0.852. The lowest BCUT2D eigenvalue weighted by Crippen LogP contribution is -2.40. The second kappa shape index (κ2) is 10.6. The number of hydrogen-bond acceptors (Lipinski definition) is 5. The van der Waals surface area contributed by atoms with E-state index in [1.807, 2.05) is 55.3 Å². The molecule has 0 heterocycles. The Morgan fingerprint density at radius 2 is 1.68 bits per heavy atom. The zero-order chi connectivity index (χ0) is 18.8. The number of amides is 1. The fourth-order valence-electron chi connectivity index (χ4n) is 2.37. The molecule has 0 fully saturated rings. The van der Waals surface area contributed by atoms with Gasteiger partial charge in [0.1, 0.15) is 0 Å². The fraction of sp³-hybridized carbons (Fsp3) is 0.500. The zero-order valence-electron chi connectivity index (χ0n) is 14.9. The Balaban J connectivity index is 2.72. The normalized spacial score (nSPS) is 12.9. The molecule has 1 rings (SSSR count). The molecule has 1 aromatic rings. The summed E-state index contributed by atoms with van der Waals surface area (Å²) in [5.41, 5.74) is 1.03. The summed E-state index contributed by atoms with van der Waals surface area (Å²) >= 11 is 0. The maximum Gasteiger partial charge on any atom is 0.236 e. The van der Waals surface area contributed by atoms with Crippen LogP contribution < -0.4 is 0 Å². The van der Waals surface area contributed by atoms with Crippen LogP contribution in [0.3, 0.4) is 0 Å².